The van der Waals surface area contributed by atoms with Crippen LogP contribution < -0.4 is 4.74 Å². The largest absolute Gasteiger partial charge is 0.496 e. The van der Waals surface area contributed by atoms with Crippen LogP contribution in [-0.2, 0) is 11.3 Å². The molecular weight excluding hydrogens is 376 g/mol. The molecule has 1 aliphatic heterocycles. The van der Waals surface area contributed by atoms with Gasteiger partial charge in [0.1, 0.15) is 23.3 Å². The standard InChI is InChI=1S/C21H24N2O4S/c1-26-18-10-6-5-9-17(18)13-22-19(28)21(25)11-12-23(15-21)20(24)27-14-16-7-3-2-4-8-16/h2-10,13,19,25,28H,11-12,14-15H2,1H3. The number of para-hydroxylation sites is 1. The third-order valence-electron chi connectivity index (χ3n) is 4.72. The van der Waals surface area contributed by atoms with Gasteiger partial charge in [-0.05, 0) is 24.1 Å². The summed E-state index contributed by atoms with van der Waals surface area (Å²) in [5.74, 6) is 0.691. The molecule has 148 valence electrons. The highest BCUT2D eigenvalue weighted by Crippen LogP contribution is 2.29. The van der Waals surface area contributed by atoms with Gasteiger partial charge < -0.3 is 19.5 Å². The van der Waals surface area contributed by atoms with Gasteiger partial charge >= 0.3 is 6.09 Å². The number of nitrogens with zero attached hydrogens (tertiary/aromatic N) is 2. The minimum atomic E-state index is -1.21. The molecule has 0 aromatic heterocycles. The smallest absolute Gasteiger partial charge is 0.410 e. The minimum absolute atomic E-state index is 0.123. The number of thiol groups is 1. The van der Waals surface area contributed by atoms with Gasteiger partial charge in [-0.2, -0.15) is 0 Å². The van der Waals surface area contributed by atoms with Crippen LogP contribution in [0.4, 0.5) is 4.79 Å². The van der Waals surface area contributed by atoms with Crippen molar-refractivity contribution in [2.75, 3.05) is 20.2 Å². The van der Waals surface area contributed by atoms with Crippen LogP contribution in [0.3, 0.4) is 0 Å². The number of benzene rings is 2. The molecule has 1 saturated heterocycles. The first-order valence-electron chi connectivity index (χ1n) is 9.04. The fourth-order valence-electron chi connectivity index (χ4n) is 3.06. The van der Waals surface area contributed by atoms with Crippen molar-refractivity contribution in [3.63, 3.8) is 0 Å². The first-order valence-corrected chi connectivity index (χ1v) is 9.56. The predicted molar refractivity (Wildman–Crippen MR) is 111 cm³/mol. The summed E-state index contributed by atoms with van der Waals surface area (Å²) in [6, 6.07) is 16.9. The third kappa shape index (κ3) is 4.85. The minimum Gasteiger partial charge on any atom is -0.496 e. The SMILES string of the molecule is COc1ccccc1C=NC(S)C1(O)CCN(C(=O)OCc2ccccc2)C1. The van der Waals surface area contributed by atoms with Crippen molar-refractivity contribution >= 4 is 24.9 Å². The second-order valence-electron chi connectivity index (χ2n) is 6.71. The highest BCUT2D eigenvalue weighted by molar-refractivity contribution is 7.81. The van der Waals surface area contributed by atoms with Gasteiger partial charge in [-0.25, -0.2) is 4.79 Å². The van der Waals surface area contributed by atoms with Crippen LogP contribution in [0.1, 0.15) is 17.5 Å². The number of aliphatic imine (C=N–C) groups is 1. The molecule has 0 radical (unpaired) electrons. The maximum Gasteiger partial charge on any atom is 0.410 e. The Bertz CT molecular complexity index is 830. The number of amides is 1. The Morgan fingerprint density at radius 2 is 2.00 bits per heavy atom. The molecule has 2 aromatic carbocycles. The Morgan fingerprint density at radius 3 is 2.75 bits per heavy atom. The highest BCUT2D eigenvalue weighted by Gasteiger charge is 2.43. The number of rotatable bonds is 6. The number of carbonyl (C=O) groups excluding carboxylic acids is 1. The number of ether oxygens (including phenoxy) is 2. The van der Waals surface area contributed by atoms with Crippen molar-refractivity contribution in [3.8, 4) is 5.75 Å². The Hall–Kier alpha value is -2.51. The van der Waals surface area contributed by atoms with Gasteiger partial charge in [0.2, 0.25) is 0 Å². The summed E-state index contributed by atoms with van der Waals surface area (Å²) in [5, 5.41) is 10.2. The van der Waals surface area contributed by atoms with Gasteiger partial charge in [0.25, 0.3) is 0 Å². The van der Waals surface area contributed by atoms with E-state index < -0.39 is 17.1 Å². The Labute approximate surface area is 170 Å². The first kappa shape index (κ1) is 20.2. The normalized spacial score (nSPS) is 20.3. The van der Waals surface area contributed by atoms with Crippen molar-refractivity contribution in [2.45, 2.75) is 24.0 Å². The van der Waals surface area contributed by atoms with Crippen LogP contribution in [0.2, 0.25) is 0 Å². The summed E-state index contributed by atoms with van der Waals surface area (Å²) >= 11 is 4.46. The molecule has 6 nitrogen and oxygen atoms in total. The van der Waals surface area contributed by atoms with E-state index in [1.165, 1.54) is 4.90 Å². The molecule has 1 amide bonds. The van der Waals surface area contributed by atoms with Crippen LogP contribution in [0.25, 0.3) is 0 Å². The number of aliphatic hydroxyl groups is 1. The van der Waals surface area contributed by atoms with Gasteiger partial charge in [0.15, 0.2) is 0 Å². The topological polar surface area (TPSA) is 71.4 Å². The van der Waals surface area contributed by atoms with Gasteiger partial charge in [-0.3, -0.25) is 4.99 Å². The van der Waals surface area contributed by atoms with E-state index in [1.807, 2.05) is 54.6 Å². The monoisotopic (exact) mass is 400 g/mol. The molecule has 28 heavy (non-hydrogen) atoms. The number of likely N-dealkylation sites (tertiary alicyclic amines) is 1. The van der Waals surface area contributed by atoms with E-state index in [0.717, 1.165) is 11.1 Å². The molecule has 2 atom stereocenters. The molecule has 3 rings (SSSR count). The van der Waals surface area contributed by atoms with Gasteiger partial charge in [0.05, 0.1) is 13.7 Å². The molecule has 2 aromatic rings. The van der Waals surface area contributed by atoms with Gasteiger partial charge in [0, 0.05) is 18.3 Å². The van der Waals surface area contributed by atoms with Crippen LogP contribution in [0.5, 0.6) is 5.75 Å². The van der Waals surface area contributed by atoms with E-state index in [4.69, 9.17) is 9.47 Å². The summed E-state index contributed by atoms with van der Waals surface area (Å²) in [7, 11) is 1.59. The average Bonchev–Trinajstić information content (AvgIpc) is 3.14. The molecule has 0 spiro atoms. The molecule has 1 fully saturated rings. The van der Waals surface area contributed by atoms with Crippen molar-refractivity contribution in [2.24, 2.45) is 4.99 Å². The number of β-amino-alcohol motifs (C(OH)–C–C–N with tert-alkyl or cyclic N) is 1. The van der Waals surface area contributed by atoms with E-state index in [1.54, 1.807) is 13.3 Å². The number of methoxy groups -OCH3 is 1. The zero-order chi connectivity index (χ0) is 20.0. The zero-order valence-electron chi connectivity index (χ0n) is 15.7. The molecule has 1 N–H and O–H groups in total. The van der Waals surface area contributed by atoms with E-state index in [9.17, 15) is 9.90 Å². The lowest BCUT2D eigenvalue weighted by molar-refractivity contribution is 0.0438. The summed E-state index contributed by atoms with van der Waals surface area (Å²) in [6.07, 6.45) is 1.56. The van der Waals surface area contributed by atoms with Crippen molar-refractivity contribution in [1.82, 2.24) is 4.90 Å². The summed E-state index contributed by atoms with van der Waals surface area (Å²) < 4.78 is 10.6. The summed E-state index contributed by atoms with van der Waals surface area (Å²) in [6.45, 7) is 0.717. The molecule has 1 aliphatic rings. The quantitative estimate of drug-likeness (QED) is 0.577. The lowest BCUT2D eigenvalue weighted by atomic mass is 10.0. The van der Waals surface area contributed by atoms with Crippen LogP contribution >= 0.6 is 12.6 Å². The molecular formula is C21H24N2O4S. The summed E-state index contributed by atoms with van der Waals surface area (Å²) in [4.78, 5) is 18.2. The van der Waals surface area contributed by atoms with E-state index in [2.05, 4.69) is 17.6 Å². The van der Waals surface area contributed by atoms with Gasteiger partial charge in [-0.15, -0.1) is 12.6 Å². The van der Waals surface area contributed by atoms with Crippen molar-refractivity contribution in [1.29, 1.82) is 0 Å². The molecule has 0 saturated carbocycles. The molecule has 1 heterocycles. The van der Waals surface area contributed by atoms with Crippen LogP contribution in [-0.4, -0.2) is 53.5 Å². The molecule has 0 bridgehead atoms. The average molecular weight is 401 g/mol. The fourth-order valence-corrected chi connectivity index (χ4v) is 3.33. The summed E-state index contributed by atoms with van der Waals surface area (Å²) in [5.41, 5.74) is 0.497. The number of hydrogen-bond donors (Lipinski definition) is 2. The first-order chi connectivity index (χ1) is 13.5. The molecule has 2 unspecified atom stereocenters. The van der Waals surface area contributed by atoms with Gasteiger partial charge in [-0.1, -0.05) is 42.5 Å². The Morgan fingerprint density at radius 1 is 1.29 bits per heavy atom. The van der Waals surface area contributed by atoms with Crippen molar-refractivity contribution < 1.29 is 19.4 Å². The third-order valence-corrected chi connectivity index (χ3v) is 5.33. The second kappa shape index (κ2) is 9.12. The highest BCUT2D eigenvalue weighted by atomic mass is 32.1. The number of carbonyl (C=O) groups is 1. The second-order valence-corrected chi connectivity index (χ2v) is 7.20. The van der Waals surface area contributed by atoms with E-state index in [0.29, 0.717) is 18.7 Å². The predicted octanol–water partition coefficient (Wildman–Crippen LogP) is 3.14. The van der Waals surface area contributed by atoms with E-state index >= 15 is 0 Å². The zero-order valence-corrected chi connectivity index (χ0v) is 16.6. The lowest BCUT2D eigenvalue weighted by Crippen LogP contribution is -2.42. The number of hydrogen-bond acceptors (Lipinski definition) is 6. The van der Waals surface area contributed by atoms with Crippen LogP contribution in [0, 0.1) is 0 Å². The Kier molecular flexibility index (Phi) is 6.59. The van der Waals surface area contributed by atoms with E-state index in [-0.39, 0.29) is 13.2 Å². The molecule has 7 heteroatoms. The maximum atomic E-state index is 12.3. The Balaban J connectivity index is 1.57. The maximum absolute atomic E-state index is 12.3. The van der Waals surface area contributed by atoms with Crippen LogP contribution in [0.15, 0.2) is 59.6 Å². The fraction of sp³-hybridized carbons (Fsp3) is 0.333. The molecule has 0 aliphatic carbocycles. The lowest BCUT2D eigenvalue weighted by Gasteiger charge is -2.26. The van der Waals surface area contributed by atoms with Crippen molar-refractivity contribution in [3.05, 3.63) is 65.7 Å².